The van der Waals surface area contributed by atoms with Gasteiger partial charge in [0.25, 0.3) is 0 Å². The molecule has 4 nitrogen and oxygen atoms in total. The number of nitriles is 1. The van der Waals surface area contributed by atoms with Gasteiger partial charge in [0.05, 0.1) is 12.2 Å². The Labute approximate surface area is 135 Å². The lowest BCUT2D eigenvalue weighted by molar-refractivity contribution is -0.114. The van der Waals surface area contributed by atoms with Crippen LogP contribution < -0.4 is 10.2 Å². The first kappa shape index (κ1) is 16.5. The molecule has 5 heteroatoms. The number of nitrogens with one attached hydrogen (secondary N) is 1. The van der Waals surface area contributed by atoms with E-state index in [1.165, 1.54) is 12.1 Å². The molecule has 0 saturated heterocycles. The van der Waals surface area contributed by atoms with Crippen molar-refractivity contribution in [2.24, 2.45) is 0 Å². The molecule has 23 heavy (non-hydrogen) atoms. The van der Waals surface area contributed by atoms with Gasteiger partial charge in [-0.25, -0.2) is 4.39 Å². The van der Waals surface area contributed by atoms with E-state index >= 15 is 0 Å². The van der Waals surface area contributed by atoms with Crippen LogP contribution in [0.15, 0.2) is 36.4 Å². The van der Waals surface area contributed by atoms with E-state index in [1.807, 2.05) is 38.1 Å². The summed E-state index contributed by atoms with van der Waals surface area (Å²) in [5, 5.41) is 11.9. The lowest BCUT2D eigenvalue weighted by atomic mass is 10.1. The third-order valence-corrected chi connectivity index (χ3v) is 3.56. The second-order valence-corrected chi connectivity index (χ2v) is 5.47. The summed E-state index contributed by atoms with van der Waals surface area (Å²) < 4.78 is 13.6. The molecule has 0 atom stereocenters. The number of halogens is 1. The van der Waals surface area contributed by atoms with E-state index in [0.717, 1.165) is 16.8 Å². The Morgan fingerprint density at radius 3 is 2.74 bits per heavy atom. The molecule has 0 aliphatic heterocycles. The molecule has 2 rings (SSSR count). The molecule has 2 aromatic rings. The number of amides is 1. The molecule has 0 spiro atoms. The predicted octanol–water partition coefficient (Wildman–Crippen LogP) is 3.39. The highest BCUT2D eigenvalue weighted by molar-refractivity contribution is 5.95. The Kier molecular flexibility index (Phi) is 4.97. The van der Waals surface area contributed by atoms with Crippen molar-refractivity contribution in [2.75, 3.05) is 23.8 Å². The Bertz CT molecular complexity index is 780. The zero-order chi connectivity index (χ0) is 17.0. The van der Waals surface area contributed by atoms with E-state index in [2.05, 4.69) is 5.32 Å². The number of likely N-dealkylation sites (N-methyl/N-ethyl adjacent to an activating group) is 1. The summed E-state index contributed by atoms with van der Waals surface area (Å²) in [6.07, 6.45) is 0. The Balaban J connectivity index is 2.13. The lowest BCUT2D eigenvalue weighted by Gasteiger charge is -2.20. The Hall–Kier alpha value is -2.87. The molecule has 0 heterocycles. The largest absolute Gasteiger partial charge is 0.364 e. The Morgan fingerprint density at radius 2 is 2.04 bits per heavy atom. The zero-order valence-corrected chi connectivity index (χ0v) is 13.4. The minimum Gasteiger partial charge on any atom is -0.364 e. The smallest absolute Gasteiger partial charge is 0.243 e. The molecular formula is C18H18FN3O. The van der Waals surface area contributed by atoms with E-state index in [1.54, 1.807) is 18.0 Å². The average Bonchev–Trinajstić information content (AvgIpc) is 2.50. The van der Waals surface area contributed by atoms with Crippen molar-refractivity contribution < 1.29 is 9.18 Å². The number of anilines is 2. The number of hydrogen-bond acceptors (Lipinski definition) is 3. The fourth-order valence-corrected chi connectivity index (χ4v) is 2.30. The van der Waals surface area contributed by atoms with Gasteiger partial charge in [-0.1, -0.05) is 18.2 Å². The fraction of sp³-hybridized carbons (Fsp3) is 0.222. The molecule has 0 fully saturated rings. The standard InChI is InChI=1S/C18H18FN3O/c1-12-7-8-13(2)16(9-12)21-18(23)11-22(3)17-6-4-5-15(19)14(17)10-20/h4-9H,11H2,1-3H3,(H,21,23). The Morgan fingerprint density at radius 1 is 1.30 bits per heavy atom. The van der Waals surface area contributed by atoms with Crippen molar-refractivity contribution in [3.8, 4) is 6.07 Å². The first-order chi connectivity index (χ1) is 10.9. The molecule has 0 bridgehead atoms. The number of nitrogens with zero attached hydrogens (tertiary/aromatic N) is 2. The maximum absolute atomic E-state index is 13.6. The van der Waals surface area contributed by atoms with Gasteiger partial charge in [-0.05, 0) is 43.2 Å². The highest BCUT2D eigenvalue weighted by atomic mass is 19.1. The zero-order valence-electron chi connectivity index (χ0n) is 13.4. The van der Waals surface area contributed by atoms with Gasteiger partial charge in [-0.15, -0.1) is 0 Å². The van der Waals surface area contributed by atoms with Gasteiger partial charge in [0.15, 0.2) is 0 Å². The van der Waals surface area contributed by atoms with E-state index in [9.17, 15) is 9.18 Å². The van der Waals surface area contributed by atoms with Crippen molar-refractivity contribution in [2.45, 2.75) is 13.8 Å². The van der Waals surface area contributed by atoms with Crippen LogP contribution in [-0.4, -0.2) is 19.5 Å². The quantitative estimate of drug-likeness (QED) is 0.941. The van der Waals surface area contributed by atoms with Crippen LogP contribution in [-0.2, 0) is 4.79 Å². The molecule has 0 saturated carbocycles. The molecule has 118 valence electrons. The molecule has 0 unspecified atom stereocenters. The molecule has 1 amide bonds. The minimum absolute atomic E-state index is 0.0194. The molecule has 0 aliphatic carbocycles. The van der Waals surface area contributed by atoms with Gasteiger partial charge in [-0.2, -0.15) is 5.26 Å². The van der Waals surface area contributed by atoms with Gasteiger partial charge >= 0.3 is 0 Å². The summed E-state index contributed by atoms with van der Waals surface area (Å²) in [6, 6.07) is 12.0. The molecule has 0 radical (unpaired) electrons. The number of rotatable bonds is 4. The number of benzene rings is 2. The first-order valence-corrected chi connectivity index (χ1v) is 7.19. The molecule has 1 N–H and O–H groups in total. The van der Waals surface area contributed by atoms with Crippen LogP contribution in [0, 0.1) is 31.0 Å². The normalized spacial score (nSPS) is 10.0. The third-order valence-electron chi connectivity index (χ3n) is 3.56. The number of aryl methyl sites for hydroxylation is 2. The summed E-state index contributed by atoms with van der Waals surface area (Å²) in [5.74, 6) is -0.818. The molecular weight excluding hydrogens is 293 g/mol. The number of carbonyl (C=O) groups is 1. The maximum Gasteiger partial charge on any atom is 0.243 e. The first-order valence-electron chi connectivity index (χ1n) is 7.19. The summed E-state index contributed by atoms with van der Waals surface area (Å²) in [4.78, 5) is 13.8. The summed E-state index contributed by atoms with van der Waals surface area (Å²) in [7, 11) is 1.65. The monoisotopic (exact) mass is 311 g/mol. The van der Waals surface area contributed by atoms with Crippen molar-refractivity contribution in [1.29, 1.82) is 5.26 Å². The van der Waals surface area contributed by atoms with Gasteiger partial charge in [-0.3, -0.25) is 4.79 Å². The average molecular weight is 311 g/mol. The van der Waals surface area contributed by atoms with Crippen LogP contribution >= 0.6 is 0 Å². The van der Waals surface area contributed by atoms with Crippen LogP contribution in [0.2, 0.25) is 0 Å². The van der Waals surface area contributed by atoms with Crippen LogP contribution in [0.5, 0.6) is 0 Å². The second kappa shape index (κ2) is 6.93. The summed E-state index contributed by atoms with van der Waals surface area (Å²) in [5.41, 5.74) is 3.10. The van der Waals surface area contributed by atoms with Crippen LogP contribution in [0.25, 0.3) is 0 Å². The SMILES string of the molecule is Cc1ccc(C)c(NC(=O)CN(C)c2cccc(F)c2C#N)c1. The van der Waals surface area contributed by atoms with Crippen molar-refractivity contribution >= 4 is 17.3 Å². The van der Waals surface area contributed by atoms with Gasteiger partial charge < -0.3 is 10.2 Å². The third kappa shape index (κ3) is 3.86. The maximum atomic E-state index is 13.6. The van der Waals surface area contributed by atoms with E-state index in [-0.39, 0.29) is 18.0 Å². The number of carbonyl (C=O) groups excluding carboxylic acids is 1. The van der Waals surface area contributed by atoms with Crippen molar-refractivity contribution in [1.82, 2.24) is 0 Å². The van der Waals surface area contributed by atoms with Gasteiger partial charge in [0.1, 0.15) is 17.4 Å². The van der Waals surface area contributed by atoms with Crippen LogP contribution in [0.1, 0.15) is 16.7 Å². The van der Waals surface area contributed by atoms with Gasteiger partial charge in [0.2, 0.25) is 5.91 Å². The van der Waals surface area contributed by atoms with Crippen molar-refractivity contribution in [3.05, 3.63) is 58.9 Å². The second-order valence-electron chi connectivity index (χ2n) is 5.47. The lowest BCUT2D eigenvalue weighted by Crippen LogP contribution is -2.30. The van der Waals surface area contributed by atoms with Gasteiger partial charge in [0, 0.05) is 12.7 Å². The van der Waals surface area contributed by atoms with E-state index < -0.39 is 5.82 Å². The topological polar surface area (TPSA) is 56.1 Å². The molecule has 0 aliphatic rings. The van der Waals surface area contributed by atoms with Crippen molar-refractivity contribution in [3.63, 3.8) is 0 Å². The fourth-order valence-electron chi connectivity index (χ4n) is 2.30. The summed E-state index contributed by atoms with van der Waals surface area (Å²) >= 11 is 0. The molecule has 2 aromatic carbocycles. The molecule has 0 aromatic heterocycles. The number of hydrogen-bond donors (Lipinski definition) is 1. The highest BCUT2D eigenvalue weighted by Gasteiger charge is 2.14. The minimum atomic E-state index is -0.591. The summed E-state index contributed by atoms with van der Waals surface area (Å²) in [6.45, 7) is 3.89. The highest BCUT2D eigenvalue weighted by Crippen LogP contribution is 2.21. The van der Waals surface area contributed by atoms with E-state index in [4.69, 9.17) is 5.26 Å². The van der Waals surface area contributed by atoms with Crippen LogP contribution in [0.3, 0.4) is 0 Å². The van der Waals surface area contributed by atoms with Crippen LogP contribution in [0.4, 0.5) is 15.8 Å². The van der Waals surface area contributed by atoms with E-state index in [0.29, 0.717) is 5.69 Å². The predicted molar refractivity (Wildman–Crippen MR) is 88.9 cm³/mol.